The van der Waals surface area contributed by atoms with Crippen molar-refractivity contribution in [2.75, 3.05) is 5.32 Å². The summed E-state index contributed by atoms with van der Waals surface area (Å²) in [6.07, 6.45) is 1.81. The predicted octanol–water partition coefficient (Wildman–Crippen LogP) is 2.71. The monoisotopic (exact) mass is 227 g/mol. The lowest BCUT2D eigenvalue weighted by Gasteiger charge is -2.17. The van der Waals surface area contributed by atoms with Crippen LogP contribution in [0.25, 0.3) is 0 Å². The van der Waals surface area contributed by atoms with Crippen LogP contribution in [0.5, 0.6) is 0 Å². The largest absolute Gasteiger partial charge is 0.377 e. The van der Waals surface area contributed by atoms with Crippen LogP contribution in [0.1, 0.15) is 24.2 Å². The normalized spacial score (nSPS) is 12.1. The van der Waals surface area contributed by atoms with Gasteiger partial charge >= 0.3 is 0 Å². The molecule has 0 amide bonds. The number of benzene rings is 1. The van der Waals surface area contributed by atoms with Gasteiger partial charge in [-0.3, -0.25) is 4.98 Å². The van der Waals surface area contributed by atoms with Gasteiger partial charge in [-0.25, -0.2) is 0 Å². The molecule has 0 bridgehead atoms. The zero-order chi connectivity index (χ0) is 12.1. The zero-order valence-corrected chi connectivity index (χ0v) is 9.93. The number of rotatable bonds is 4. The van der Waals surface area contributed by atoms with E-state index in [0.717, 1.165) is 16.9 Å². The first-order chi connectivity index (χ1) is 8.31. The zero-order valence-electron chi connectivity index (χ0n) is 9.93. The number of para-hydroxylation sites is 1. The van der Waals surface area contributed by atoms with Crippen molar-refractivity contribution in [1.29, 1.82) is 0 Å². The molecule has 17 heavy (non-hydrogen) atoms. The molecule has 1 heterocycles. The van der Waals surface area contributed by atoms with Crippen LogP contribution in [0.2, 0.25) is 0 Å². The Morgan fingerprint density at radius 1 is 1.18 bits per heavy atom. The summed E-state index contributed by atoms with van der Waals surface area (Å²) in [5.41, 5.74) is 8.93. The van der Waals surface area contributed by atoms with Crippen LogP contribution in [0.4, 0.5) is 5.69 Å². The first-order valence-corrected chi connectivity index (χ1v) is 5.76. The van der Waals surface area contributed by atoms with E-state index in [4.69, 9.17) is 5.73 Å². The molecule has 3 heteroatoms. The van der Waals surface area contributed by atoms with E-state index in [1.54, 1.807) is 0 Å². The molecule has 0 aliphatic heterocycles. The lowest BCUT2D eigenvalue weighted by atomic mass is 10.1. The van der Waals surface area contributed by atoms with Gasteiger partial charge in [0.05, 0.1) is 11.7 Å². The fourth-order valence-electron chi connectivity index (χ4n) is 1.78. The number of nitrogens with two attached hydrogens (primary N) is 1. The fraction of sp³-hybridized carbons (Fsp3) is 0.214. The molecule has 1 aromatic heterocycles. The maximum atomic E-state index is 5.71. The second-order valence-corrected chi connectivity index (χ2v) is 3.98. The van der Waals surface area contributed by atoms with Crippen molar-refractivity contribution < 1.29 is 0 Å². The highest BCUT2D eigenvalue weighted by molar-refractivity contribution is 5.52. The molecule has 2 aromatic rings. The highest BCUT2D eigenvalue weighted by atomic mass is 14.9. The number of hydrogen-bond donors (Lipinski definition) is 2. The van der Waals surface area contributed by atoms with E-state index in [1.807, 2.05) is 48.7 Å². The smallest absolute Gasteiger partial charge is 0.0657 e. The van der Waals surface area contributed by atoms with Crippen LogP contribution in [0.3, 0.4) is 0 Å². The first kappa shape index (κ1) is 11.6. The molecule has 0 aliphatic rings. The van der Waals surface area contributed by atoms with Crippen LogP contribution < -0.4 is 11.1 Å². The average Bonchev–Trinajstić information content (AvgIpc) is 2.40. The molecular formula is C14H17N3. The van der Waals surface area contributed by atoms with Crippen molar-refractivity contribution in [3.8, 4) is 0 Å². The Balaban J connectivity index is 2.16. The van der Waals surface area contributed by atoms with Gasteiger partial charge in [-0.1, -0.05) is 24.3 Å². The molecule has 88 valence electrons. The van der Waals surface area contributed by atoms with Gasteiger partial charge in [0.2, 0.25) is 0 Å². The molecule has 0 fully saturated rings. The number of nitrogens with zero attached hydrogens (tertiary/aromatic N) is 1. The van der Waals surface area contributed by atoms with Gasteiger partial charge in [0, 0.05) is 18.4 Å². The maximum Gasteiger partial charge on any atom is 0.0657 e. The second-order valence-electron chi connectivity index (χ2n) is 3.98. The Hall–Kier alpha value is -1.87. The van der Waals surface area contributed by atoms with Gasteiger partial charge in [0.25, 0.3) is 0 Å². The van der Waals surface area contributed by atoms with E-state index >= 15 is 0 Å². The van der Waals surface area contributed by atoms with Gasteiger partial charge in [-0.05, 0) is 30.7 Å². The molecule has 0 radical (unpaired) electrons. The number of aromatic nitrogens is 1. The Kier molecular flexibility index (Phi) is 3.73. The minimum Gasteiger partial charge on any atom is -0.377 e. The van der Waals surface area contributed by atoms with Crippen molar-refractivity contribution in [2.24, 2.45) is 5.73 Å². The summed E-state index contributed by atoms with van der Waals surface area (Å²) in [6, 6.07) is 14.2. The quantitative estimate of drug-likeness (QED) is 0.844. The lowest BCUT2D eigenvalue weighted by Crippen LogP contribution is -2.11. The molecule has 3 nitrogen and oxygen atoms in total. The van der Waals surface area contributed by atoms with Crippen molar-refractivity contribution >= 4 is 5.69 Å². The minimum absolute atomic E-state index is 0.170. The van der Waals surface area contributed by atoms with Crippen molar-refractivity contribution in [2.45, 2.75) is 19.5 Å². The van der Waals surface area contributed by atoms with Crippen molar-refractivity contribution in [3.63, 3.8) is 0 Å². The third-order valence-electron chi connectivity index (χ3n) is 2.74. The third kappa shape index (κ3) is 2.82. The number of hydrogen-bond acceptors (Lipinski definition) is 3. The molecule has 0 spiro atoms. The fourth-order valence-corrected chi connectivity index (χ4v) is 1.78. The van der Waals surface area contributed by atoms with Crippen molar-refractivity contribution in [3.05, 3.63) is 59.9 Å². The summed E-state index contributed by atoms with van der Waals surface area (Å²) in [5.74, 6) is 0. The number of pyridine rings is 1. The highest BCUT2D eigenvalue weighted by Gasteiger charge is 2.07. The Morgan fingerprint density at radius 3 is 2.65 bits per heavy atom. The van der Waals surface area contributed by atoms with Crippen LogP contribution in [-0.4, -0.2) is 4.98 Å². The summed E-state index contributed by atoms with van der Waals surface area (Å²) in [7, 11) is 0. The highest BCUT2D eigenvalue weighted by Crippen LogP contribution is 2.20. The van der Waals surface area contributed by atoms with Gasteiger partial charge in [-0.2, -0.15) is 0 Å². The van der Waals surface area contributed by atoms with Gasteiger partial charge in [0.1, 0.15) is 0 Å². The van der Waals surface area contributed by atoms with Crippen LogP contribution in [0.15, 0.2) is 48.7 Å². The average molecular weight is 227 g/mol. The molecule has 1 atom stereocenters. The first-order valence-electron chi connectivity index (χ1n) is 5.76. The second kappa shape index (κ2) is 5.46. The predicted molar refractivity (Wildman–Crippen MR) is 70.6 cm³/mol. The SMILES string of the molecule is CC(Nc1ccccc1CN)c1ccccn1. The summed E-state index contributed by atoms with van der Waals surface area (Å²) in [5, 5.41) is 3.44. The van der Waals surface area contributed by atoms with Gasteiger partial charge in [0.15, 0.2) is 0 Å². The van der Waals surface area contributed by atoms with Crippen molar-refractivity contribution in [1.82, 2.24) is 4.98 Å². The molecule has 0 aliphatic carbocycles. The maximum absolute atomic E-state index is 5.71. The Morgan fingerprint density at radius 2 is 1.94 bits per heavy atom. The van der Waals surface area contributed by atoms with E-state index < -0.39 is 0 Å². The molecule has 0 saturated heterocycles. The molecule has 0 saturated carbocycles. The minimum atomic E-state index is 0.170. The standard InChI is InChI=1S/C14H17N3/c1-11(13-7-4-5-9-16-13)17-14-8-3-2-6-12(14)10-15/h2-9,11,17H,10,15H2,1H3. The van der Waals surface area contributed by atoms with E-state index in [1.165, 1.54) is 0 Å². The van der Waals surface area contributed by atoms with E-state index in [2.05, 4.69) is 17.2 Å². The van der Waals surface area contributed by atoms with E-state index in [9.17, 15) is 0 Å². The summed E-state index contributed by atoms with van der Waals surface area (Å²) >= 11 is 0. The van der Waals surface area contributed by atoms with Crippen LogP contribution in [0, 0.1) is 0 Å². The Labute approximate surface area is 102 Å². The van der Waals surface area contributed by atoms with E-state index in [-0.39, 0.29) is 6.04 Å². The molecule has 1 unspecified atom stereocenters. The molecule has 3 N–H and O–H groups in total. The summed E-state index contributed by atoms with van der Waals surface area (Å²) in [4.78, 5) is 4.34. The Bertz CT molecular complexity index is 468. The van der Waals surface area contributed by atoms with Gasteiger partial charge in [-0.15, -0.1) is 0 Å². The lowest BCUT2D eigenvalue weighted by molar-refractivity contribution is 0.835. The van der Waals surface area contributed by atoms with Crippen LogP contribution in [-0.2, 0) is 6.54 Å². The number of nitrogens with one attached hydrogen (secondary N) is 1. The third-order valence-corrected chi connectivity index (χ3v) is 2.74. The van der Waals surface area contributed by atoms with E-state index in [0.29, 0.717) is 6.54 Å². The summed E-state index contributed by atoms with van der Waals surface area (Å²) in [6.45, 7) is 2.63. The van der Waals surface area contributed by atoms with Gasteiger partial charge < -0.3 is 11.1 Å². The molecule has 1 aromatic carbocycles. The van der Waals surface area contributed by atoms with Crippen LogP contribution >= 0.6 is 0 Å². The summed E-state index contributed by atoms with van der Waals surface area (Å²) < 4.78 is 0. The topological polar surface area (TPSA) is 50.9 Å². The molecule has 2 rings (SSSR count). The molecular weight excluding hydrogens is 210 g/mol. The number of anilines is 1.